The van der Waals surface area contributed by atoms with Crippen LogP contribution in [0.25, 0.3) is 0 Å². The Hall–Kier alpha value is -0.400. The Kier molecular flexibility index (Phi) is 4.37. The van der Waals surface area contributed by atoms with Crippen LogP contribution in [0.1, 0.15) is 12.8 Å². The van der Waals surface area contributed by atoms with Gasteiger partial charge in [-0.15, -0.1) is 0 Å². The zero-order chi connectivity index (χ0) is 14.2. The maximum Gasteiger partial charge on any atom is 0.246 e. The molecule has 1 aromatic carbocycles. The summed E-state index contributed by atoms with van der Waals surface area (Å²) in [6.45, 7) is 0.626. The molecule has 19 heavy (non-hydrogen) atoms. The number of nitrogens with two attached hydrogens (primary N) is 1. The third-order valence-electron chi connectivity index (χ3n) is 3.06. The van der Waals surface area contributed by atoms with Crippen molar-refractivity contribution in [3.8, 4) is 0 Å². The molecule has 106 valence electrons. The molecule has 0 aliphatic carbocycles. The molecule has 8 heteroatoms. The van der Waals surface area contributed by atoms with Crippen LogP contribution in [0.3, 0.4) is 0 Å². The molecule has 2 N–H and O–H groups in total. The molecule has 0 amide bonds. The van der Waals surface area contributed by atoms with Crippen LogP contribution in [-0.2, 0) is 10.0 Å². The normalized spacial score (nSPS) is 18.7. The number of piperidine rings is 1. The Morgan fingerprint density at radius 2 is 1.68 bits per heavy atom. The van der Waals surface area contributed by atoms with Crippen LogP contribution < -0.4 is 5.73 Å². The highest BCUT2D eigenvalue weighted by atomic mass is 35.5. The summed E-state index contributed by atoms with van der Waals surface area (Å²) in [5.74, 6) is -0.672. The Morgan fingerprint density at radius 1 is 1.21 bits per heavy atom. The van der Waals surface area contributed by atoms with Crippen molar-refractivity contribution in [3.05, 3.63) is 28.0 Å². The van der Waals surface area contributed by atoms with Crippen molar-refractivity contribution in [3.63, 3.8) is 0 Å². The summed E-state index contributed by atoms with van der Waals surface area (Å²) >= 11 is 11.6. The van der Waals surface area contributed by atoms with Crippen molar-refractivity contribution >= 4 is 33.2 Å². The number of halogens is 3. The van der Waals surface area contributed by atoms with Gasteiger partial charge in [0.05, 0.1) is 10.0 Å². The summed E-state index contributed by atoms with van der Waals surface area (Å²) in [5, 5.41) is -0.417. The van der Waals surface area contributed by atoms with Crippen molar-refractivity contribution in [2.24, 2.45) is 5.73 Å². The Morgan fingerprint density at radius 3 is 2.16 bits per heavy atom. The van der Waals surface area contributed by atoms with Gasteiger partial charge in [0.1, 0.15) is 10.7 Å². The molecule has 4 nitrogen and oxygen atoms in total. The fraction of sp³-hybridized carbons (Fsp3) is 0.455. The summed E-state index contributed by atoms with van der Waals surface area (Å²) in [6, 6.07) is 1.89. The molecule has 0 bridgehead atoms. The summed E-state index contributed by atoms with van der Waals surface area (Å²) in [5.41, 5.74) is 5.74. The number of nitrogens with zero attached hydrogens (tertiary/aromatic N) is 1. The van der Waals surface area contributed by atoms with Gasteiger partial charge >= 0.3 is 0 Å². The van der Waals surface area contributed by atoms with Gasteiger partial charge in [-0.1, -0.05) is 23.2 Å². The molecular formula is C11H13Cl2FN2O2S. The molecule has 0 spiro atoms. The van der Waals surface area contributed by atoms with E-state index in [0.717, 1.165) is 12.1 Å². The molecule has 1 aliphatic rings. The van der Waals surface area contributed by atoms with E-state index in [4.69, 9.17) is 28.9 Å². The highest BCUT2D eigenvalue weighted by Crippen LogP contribution is 2.33. The van der Waals surface area contributed by atoms with Gasteiger partial charge in [-0.25, -0.2) is 12.8 Å². The molecule has 1 fully saturated rings. The SMILES string of the molecule is NC1CCN(S(=O)(=O)c2c(Cl)cc(F)cc2Cl)CC1. The highest BCUT2D eigenvalue weighted by molar-refractivity contribution is 7.89. The van der Waals surface area contributed by atoms with E-state index < -0.39 is 15.8 Å². The van der Waals surface area contributed by atoms with E-state index in [2.05, 4.69) is 0 Å². The summed E-state index contributed by atoms with van der Waals surface area (Å²) in [6.07, 6.45) is 1.16. The number of hydrogen-bond donors (Lipinski definition) is 1. The van der Waals surface area contributed by atoms with Crippen molar-refractivity contribution in [1.29, 1.82) is 0 Å². The fourth-order valence-corrected chi connectivity index (χ4v) is 4.63. The smallest absolute Gasteiger partial charge is 0.246 e. The summed E-state index contributed by atoms with van der Waals surface area (Å²) < 4.78 is 39.3. The first-order valence-electron chi connectivity index (χ1n) is 5.72. The van der Waals surface area contributed by atoms with E-state index in [1.165, 1.54) is 4.31 Å². The van der Waals surface area contributed by atoms with Gasteiger partial charge in [0.15, 0.2) is 0 Å². The van der Waals surface area contributed by atoms with Crippen LogP contribution in [-0.4, -0.2) is 31.9 Å². The number of rotatable bonds is 2. The number of hydrogen-bond acceptors (Lipinski definition) is 3. The van der Waals surface area contributed by atoms with E-state index in [0.29, 0.717) is 25.9 Å². The molecular weight excluding hydrogens is 314 g/mol. The molecule has 1 heterocycles. The van der Waals surface area contributed by atoms with E-state index in [1.54, 1.807) is 0 Å². The second-order valence-corrected chi connectivity index (χ2v) is 7.13. The zero-order valence-electron chi connectivity index (χ0n) is 9.94. The predicted octanol–water partition coefficient (Wildman–Crippen LogP) is 2.24. The maximum absolute atomic E-state index is 13.1. The average Bonchev–Trinajstić information content (AvgIpc) is 2.27. The average molecular weight is 327 g/mol. The number of benzene rings is 1. The lowest BCUT2D eigenvalue weighted by atomic mass is 10.1. The minimum absolute atomic E-state index is 0.00520. The molecule has 0 atom stereocenters. The minimum atomic E-state index is -3.82. The summed E-state index contributed by atoms with van der Waals surface area (Å²) in [4.78, 5) is -0.243. The van der Waals surface area contributed by atoms with Crippen LogP contribution in [0.5, 0.6) is 0 Å². The van der Waals surface area contributed by atoms with Gasteiger partial charge in [0.2, 0.25) is 10.0 Å². The molecule has 2 rings (SSSR count). The molecule has 1 aliphatic heterocycles. The fourth-order valence-electron chi connectivity index (χ4n) is 2.02. The summed E-state index contributed by atoms with van der Waals surface area (Å²) in [7, 11) is -3.82. The molecule has 0 radical (unpaired) electrons. The van der Waals surface area contributed by atoms with Gasteiger partial charge in [0.25, 0.3) is 0 Å². The van der Waals surface area contributed by atoms with Gasteiger partial charge < -0.3 is 5.73 Å². The lowest BCUT2D eigenvalue weighted by Crippen LogP contribution is -2.42. The Balaban J connectivity index is 2.40. The van der Waals surface area contributed by atoms with Crippen molar-refractivity contribution in [2.45, 2.75) is 23.8 Å². The van der Waals surface area contributed by atoms with E-state index >= 15 is 0 Å². The highest BCUT2D eigenvalue weighted by Gasteiger charge is 2.32. The quantitative estimate of drug-likeness (QED) is 0.906. The second kappa shape index (κ2) is 5.54. The Bertz CT molecular complexity index is 563. The molecule has 1 aromatic rings. The third kappa shape index (κ3) is 3.03. The maximum atomic E-state index is 13.1. The standard InChI is InChI=1S/C11H13Cl2FN2O2S/c12-9-5-7(14)6-10(13)11(9)19(17,18)16-3-1-8(15)2-4-16/h5-6,8H,1-4,15H2. The van der Waals surface area contributed by atoms with E-state index in [1.807, 2.05) is 0 Å². The predicted molar refractivity (Wildman–Crippen MR) is 72.4 cm³/mol. The molecule has 0 aromatic heterocycles. The third-order valence-corrected chi connectivity index (χ3v) is 5.88. The van der Waals surface area contributed by atoms with Crippen LogP contribution in [0.15, 0.2) is 17.0 Å². The molecule has 0 saturated carbocycles. The lowest BCUT2D eigenvalue weighted by molar-refractivity contribution is 0.320. The lowest BCUT2D eigenvalue weighted by Gasteiger charge is -2.29. The first kappa shape index (κ1) is 15.0. The zero-order valence-corrected chi connectivity index (χ0v) is 12.3. The van der Waals surface area contributed by atoms with Gasteiger partial charge in [-0.05, 0) is 25.0 Å². The van der Waals surface area contributed by atoms with Gasteiger partial charge in [-0.2, -0.15) is 4.31 Å². The van der Waals surface area contributed by atoms with E-state index in [-0.39, 0.29) is 21.0 Å². The first-order valence-corrected chi connectivity index (χ1v) is 7.92. The van der Waals surface area contributed by atoms with Crippen LogP contribution in [0.2, 0.25) is 10.0 Å². The van der Waals surface area contributed by atoms with Crippen molar-refractivity contribution in [1.82, 2.24) is 4.31 Å². The number of sulfonamides is 1. The minimum Gasteiger partial charge on any atom is -0.328 e. The van der Waals surface area contributed by atoms with Crippen LogP contribution in [0, 0.1) is 5.82 Å². The largest absolute Gasteiger partial charge is 0.328 e. The van der Waals surface area contributed by atoms with E-state index in [9.17, 15) is 12.8 Å². The monoisotopic (exact) mass is 326 g/mol. The van der Waals surface area contributed by atoms with Crippen LogP contribution in [0.4, 0.5) is 4.39 Å². The molecule has 0 unspecified atom stereocenters. The van der Waals surface area contributed by atoms with Crippen molar-refractivity contribution in [2.75, 3.05) is 13.1 Å². The second-order valence-electron chi connectivity index (χ2n) is 4.44. The topological polar surface area (TPSA) is 63.4 Å². The Labute approximate surface area is 121 Å². The van der Waals surface area contributed by atoms with Gasteiger partial charge in [-0.3, -0.25) is 0 Å². The van der Waals surface area contributed by atoms with Crippen LogP contribution >= 0.6 is 23.2 Å². The van der Waals surface area contributed by atoms with Gasteiger partial charge in [0, 0.05) is 19.1 Å². The first-order chi connectivity index (χ1) is 8.82. The van der Waals surface area contributed by atoms with Crippen molar-refractivity contribution < 1.29 is 12.8 Å². The molecule has 1 saturated heterocycles.